The van der Waals surface area contributed by atoms with Crippen molar-refractivity contribution in [3.8, 4) is 0 Å². The normalized spacial score (nSPS) is 18.6. The summed E-state index contributed by atoms with van der Waals surface area (Å²) in [5.41, 5.74) is 5.60. The summed E-state index contributed by atoms with van der Waals surface area (Å²) in [4.78, 5) is 11.4. The predicted molar refractivity (Wildman–Crippen MR) is 67.1 cm³/mol. The standard InChI is InChI=1S/C13H26N2O/c1-11(14)8-9-13(16)15-10-4-7-12-5-2-3-6-12/h11-12H,2-10,14H2,1H3,(H,15,16). The van der Waals surface area contributed by atoms with Crippen molar-refractivity contribution in [3.05, 3.63) is 0 Å². The first kappa shape index (κ1) is 13.5. The molecule has 1 aliphatic carbocycles. The number of nitrogens with two attached hydrogens (primary N) is 1. The lowest BCUT2D eigenvalue weighted by molar-refractivity contribution is -0.121. The van der Waals surface area contributed by atoms with Gasteiger partial charge in [0, 0.05) is 19.0 Å². The Balaban J connectivity index is 1.91. The molecule has 0 spiro atoms. The highest BCUT2D eigenvalue weighted by Gasteiger charge is 2.14. The third-order valence-corrected chi connectivity index (χ3v) is 3.41. The minimum absolute atomic E-state index is 0.129. The number of hydrogen-bond acceptors (Lipinski definition) is 2. The molecule has 1 unspecified atom stereocenters. The van der Waals surface area contributed by atoms with E-state index in [1.807, 2.05) is 6.92 Å². The van der Waals surface area contributed by atoms with Gasteiger partial charge < -0.3 is 11.1 Å². The Bertz CT molecular complexity index is 198. The molecule has 94 valence electrons. The third kappa shape index (κ3) is 6.11. The van der Waals surface area contributed by atoms with Crippen LogP contribution in [0.15, 0.2) is 0 Å². The van der Waals surface area contributed by atoms with Crippen LogP contribution in [0.4, 0.5) is 0 Å². The summed E-state index contributed by atoms with van der Waals surface area (Å²) >= 11 is 0. The maximum absolute atomic E-state index is 11.4. The van der Waals surface area contributed by atoms with Gasteiger partial charge in [-0.2, -0.15) is 0 Å². The van der Waals surface area contributed by atoms with Crippen molar-refractivity contribution < 1.29 is 4.79 Å². The predicted octanol–water partition coefficient (Wildman–Crippen LogP) is 2.20. The van der Waals surface area contributed by atoms with Crippen LogP contribution in [0.3, 0.4) is 0 Å². The summed E-state index contributed by atoms with van der Waals surface area (Å²) in [6, 6.07) is 0.129. The Morgan fingerprint density at radius 2 is 2.12 bits per heavy atom. The molecule has 0 bridgehead atoms. The quantitative estimate of drug-likeness (QED) is 0.654. The van der Waals surface area contributed by atoms with Crippen molar-refractivity contribution in [3.63, 3.8) is 0 Å². The Labute approximate surface area is 99.2 Å². The smallest absolute Gasteiger partial charge is 0.220 e. The molecule has 1 atom stereocenters. The summed E-state index contributed by atoms with van der Waals surface area (Å²) in [6.07, 6.45) is 9.39. The minimum atomic E-state index is 0.129. The molecule has 16 heavy (non-hydrogen) atoms. The van der Waals surface area contributed by atoms with Gasteiger partial charge in [0.1, 0.15) is 0 Å². The van der Waals surface area contributed by atoms with Gasteiger partial charge in [-0.3, -0.25) is 4.79 Å². The fraction of sp³-hybridized carbons (Fsp3) is 0.923. The summed E-state index contributed by atoms with van der Waals surface area (Å²) in [5.74, 6) is 1.09. The summed E-state index contributed by atoms with van der Waals surface area (Å²) in [7, 11) is 0. The first-order valence-corrected chi connectivity index (χ1v) is 6.70. The van der Waals surface area contributed by atoms with E-state index in [1.54, 1.807) is 0 Å². The molecule has 0 radical (unpaired) electrons. The van der Waals surface area contributed by atoms with Gasteiger partial charge in [-0.05, 0) is 32.1 Å². The molecule has 1 amide bonds. The highest BCUT2D eigenvalue weighted by Crippen LogP contribution is 2.28. The van der Waals surface area contributed by atoms with Crippen LogP contribution in [0.5, 0.6) is 0 Å². The van der Waals surface area contributed by atoms with Crippen molar-refractivity contribution in [2.75, 3.05) is 6.54 Å². The first-order valence-electron chi connectivity index (χ1n) is 6.70. The van der Waals surface area contributed by atoms with Gasteiger partial charge in [0.05, 0.1) is 0 Å². The second-order valence-electron chi connectivity index (χ2n) is 5.16. The molecule has 1 rings (SSSR count). The van der Waals surface area contributed by atoms with E-state index < -0.39 is 0 Å². The molecule has 0 aliphatic heterocycles. The number of nitrogens with one attached hydrogen (secondary N) is 1. The molecule has 1 fully saturated rings. The van der Waals surface area contributed by atoms with Gasteiger partial charge in [-0.25, -0.2) is 0 Å². The Morgan fingerprint density at radius 3 is 2.75 bits per heavy atom. The van der Waals surface area contributed by atoms with E-state index >= 15 is 0 Å². The molecule has 0 heterocycles. The van der Waals surface area contributed by atoms with Gasteiger partial charge in [0.2, 0.25) is 5.91 Å². The van der Waals surface area contributed by atoms with Crippen molar-refractivity contribution in [2.45, 2.75) is 64.3 Å². The second-order valence-corrected chi connectivity index (χ2v) is 5.16. The monoisotopic (exact) mass is 226 g/mol. The van der Waals surface area contributed by atoms with E-state index in [4.69, 9.17) is 5.73 Å². The maximum Gasteiger partial charge on any atom is 0.220 e. The van der Waals surface area contributed by atoms with Crippen LogP contribution in [0, 0.1) is 5.92 Å². The average molecular weight is 226 g/mol. The maximum atomic E-state index is 11.4. The lowest BCUT2D eigenvalue weighted by Gasteiger charge is -2.09. The molecule has 1 aliphatic rings. The van der Waals surface area contributed by atoms with E-state index in [1.165, 1.54) is 32.1 Å². The average Bonchev–Trinajstić information content (AvgIpc) is 2.74. The van der Waals surface area contributed by atoms with Crippen molar-refractivity contribution in [1.29, 1.82) is 0 Å². The molecule has 0 saturated heterocycles. The Morgan fingerprint density at radius 1 is 1.44 bits per heavy atom. The Hall–Kier alpha value is -0.570. The number of carbonyl (C=O) groups is 1. The first-order chi connectivity index (χ1) is 7.68. The zero-order valence-electron chi connectivity index (χ0n) is 10.5. The number of rotatable bonds is 7. The highest BCUT2D eigenvalue weighted by molar-refractivity contribution is 5.75. The van der Waals surface area contributed by atoms with E-state index in [9.17, 15) is 4.79 Å². The van der Waals surface area contributed by atoms with Crippen molar-refractivity contribution >= 4 is 5.91 Å². The molecule has 0 aromatic heterocycles. The molecule has 3 heteroatoms. The van der Waals surface area contributed by atoms with E-state index in [0.29, 0.717) is 6.42 Å². The largest absolute Gasteiger partial charge is 0.356 e. The van der Waals surface area contributed by atoms with Crippen LogP contribution in [0.1, 0.15) is 58.3 Å². The molecule has 3 N–H and O–H groups in total. The van der Waals surface area contributed by atoms with Crippen LogP contribution in [0.2, 0.25) is 0 Å². The molecular formula is C13H26N2O. The summed E-state index contributed by atoms with van der Waals surface area (Å²) < 4.78 is 0. The molecule has 3 nitrogen and oxygen atoms in total. The molecule has 0 aromatic rings. The Kier molecular flexibility index (Phi) is 6.46. The third-order valence-electron chi connectivity index (χ3n) is 3.41. The molecule has 1 saturated carbocycles. The number of carbonyl (C=O) groups excluding carboxylic acids is 1. The van der Waals surface area contributed by atoms with Crippen LogP contribution >= 0.6 is 0 Å². The van der Waals surface area contributed by atoms with Gasteiger partial charge in [-0.1, -0.05) is 25.7 Å². The fourth-order valence-electron chi connectivity index (χ4n) is 2.36. The van der Waals surface area contributed by atoms with Gasteiger partial charge in [-0.15, -0.1) is 0 Å². The minimum Gasteiger partial charge on any atom is -0.356 e. The van der Waals surface area contributed by atoms with E-state index in [2.05, 4.69) is 5.32 Å². The summed E-state index contributed by atoms with van der Waals surface area (Å²) in [5, 5.41) is 2.97. The van der Waals surface area contributed by atoms with Crippen LogP contribution in [-0.4, -0.2) is 18.5 Å². The van der Waals surface area contributed by atoms with Crippen LogP contribution in [-0.2, 0) is 4.79 Å². The van der Waals surface area contributed by atoms with Gasteiger partial charge in [0.15, 0.2) is 0 Å². The van der Waals surface area contributed by atoms with Crippen LogP contribution in [0.25, 0.3) is 0 Å². The zero-order chi connectivity index (χ0) is 11.8. The lowest BCUT2D eigenvalue weighted by Crippen LogP contribution is -2.26. The summed E-state index contributed by atoms with van der Waals surface area (Å²) in [6.45, 7) is 2.78. The lowest BCUT2D eigenvalue weighted by atomic mass is 10.0. The van der Waals surface area contributed by atoms with Gasteiger partial charge >= 0.3 is 0 Å². The van der Waals surface area contributed by atoms with Crippen molar-refractivity contribution in [1.82, 2.24) is 5.32 Å². The van der Waals surface area contributed by atoms with E-state index in [-0.39, 0.29) is 11.9 Å². The van der Waals surface area contributed by atoms with Gasteiger partial charge in [0.25, 0.3) is 0 Å². The van der Waals surface area contributed by atoms with Crippen molar-refractivity contribution in [2.24, 2.45) is 11.7 Å². The van der Waals surface area contributed by atoms with E-state index in [0.717, 1.165) is 25.3 Å². The molecule has 0 aromatic carbocycles. The highest BCUT2D eigenvalue weighted by atomic mass is 16.1. The second kappa shape index (κ2) is 7.66. The molecular weight excluding hydrogens is 200 g/mol. The van der Waals surface area contributed by atoms with Crippen LogP contribution < -0.4 is 11.1 Å². The number of amides is 1. The fourth-order valence-corrected chi connectivity index (χ4v) is 2.36. The SMILES string of the molecule is CC(N)CCC(=O)NCCCC1CCCC1. The topological polar surface area (TPSA) is 55.1 Å². The zero-order valence-corrected chi connectivity index (χ0v) is 10.5. The number of hydrogen-bond donors (Lipinski definition) is 2.